The lowest BCUT2D eigenvalue weighted by Crippen LogP contribution is -2.40. The van der Waals surface area contributed by atoms with E-state index in [4.69, 9.17) is 5.73 Å². The van der Waals surface area contributed by atoms with Gasteiger partial charge in [-0.2, -0.15) is 5.10 Å². The molecule has 1 aromatic heterocycles. The minimum Gasteiger partial charge on any atom is -0.394 e. The maximum absolute atomic E-state index is 5.95. The Kier molecular flexibility index (Phi) is 3.07. The fourth-order valence-corrected chi connectivity index (χ4v) is 3.76. The molecule has 1 heterocycles. The molecule has 4 heteroatoms. The fraction of sp³-hybridized carbons (Fsp3) is 0.786. The van der Waals surface area contributed by atoms with Crippen molar-refractivity contribution in [3.63, 3.8) is 0 Å². The standard InChI is InChI=1S/C14H26N4/c1-13(2)6-10(7-14(3,4)9-13)16-12-11(15)8-18(5)17-12/h8,10H,6-7,9,15H2,1-5H3,(H,16,17). The molecule has 18 heavy (non-hydrogen) atoms. The van der Waals surface area contributed by atoms with Crippen LogP contribution in [0, 0.1) is 10.8 Å². The number of anilines is 2. The smallest absolute Gasteiger partial charge is 0.171 e. The van der Waals surface area contributed by atoms with Crippen molar-refractivity contribution in [2.24, 2.45) is 17.9 Å². The van der Waals surface area contributed by atoms with Crippen LogP contribution in [0.5, 0.6) is 0 Å². The lowest BCUT2D eigenvalue weighted by atomic mass is 9.63. The summed E-state index contributed by atoms with van der Waals surface area (Å²) in [6, 6.07) is 0.459. The first-order valence-electron chi connectivity index (χ1n) is 6.73. The molecule has 0 amide bonds. The van der Waals surface area contributed by atoms with E-state index in [0.717, 1.165) is 11.5 Å². The van der Waals surface area contributed by atoms with Gasteiger partial charge in [0.05, 0.1) is 5.69 Å². The zero-order chi connectivity index (χ0) is 13.6. The highest BCUT2D eigenvalue weighted by Crippen LogP contribution is 2.46. The molecule has 0 bridgehead atoms. The number of nitrogens with one attached hydrogen (secondary N) is 1. The van der Waals surface area contributed by atoms with Crippen LogP contribution in [-0.4, -0.2) is 15.8 Å². The normalized spacial score (nSPS) is 22.9. The minimum absolute atomic E-state index is 0.378. The van der Waals surface area contributed by atoms with Gasteiger partial charge in [0.2, 0.25) is 0 Å². The van der Waals surface area contributed by atoms with Crippen LogP contribution < -0.4 is 11.1 Å². The summed E-state index contributed by atoms with van der Waals surface area (Å²) in [5.74, 6) is 0.830. The van der Waals surface area contributed by atoms with E-state index in [1.54, 1.807) is 4.68 Å². The molecule has 0 saturated heterocycles. The predicted molar refractivity (Wildman–Crippen MR) is 76.4 cm³/mol. The van der Waals surface area contributed by atoms with Gasteiger partial charge in [0.1, 0.15) is 0 Å². The lowest BCUT2D eigenvalue weighted by Gasteiger charge is -2.45. The third-order valence-electron chi connectivity index (χ3n) is 3.75. The fourth-order valence-electron chi connectivity index (χ4n) is 3.76. The lowest BCUT2D eigenvalue weighted by molar-refractivity contribution is 0.105. The first kappa shape index (κ1) is 13.2. The molecule has 0 spiro atoms. The van der Waals surface area contributed by atoms with Gasteiger partial charge in [0.25, 0.3) is 0 Å². The van der Waals surface area contributed by atoms with Gasteiger partial charge in [-0.3, -0.25) is 4.68 Å². The number of hydrogen-bond acceptors (Lipinski definition) is 3. The van der Waals surface area contributed by atoms with Crippen molar-refractivity contribution in [1.82, 2.24) is 9.78 Å². The Bertz CT molecular complexity index is 415. The third-order valence-corrected chi connectivity index (χ3v) is 3.75. The SMILES string of the molecule is Cn1cc(N)c(NC2CC(C)(C)CC(C)(C)C2)n1. The second-order valence-electron chi connectivity index (χ2n) is 7.36. The average Bonchev–Trinajstić information content (AvgIpc) is 2.38. The molecule has 1 aliphatic rings. The van der Waals surface area contributed by atoms with Gasteiger partial charge in [-0.1, -0.05) is 27.7 Å². The number of nitrogen functional groups attached to an aromatic ring is 1. The van der Waals surface area contributed by atoms with Gasteiger partial charge < -0.3 is 11.1 Å². The molecule has 0 atom stereocenters. The summed E-state index contributed by atoms with van der Waals surface area (Å²) in [4.78, 5) is 0. The molecule has 4 nitrogen and oxygen atoms in total. The summed E-state index contributed by atoms with van der Waals surface area (Å²) >= 11 is 0. The zero-order valence-electron chi connectivity index (χ0n) is 12.2. The van der Waals surface area contributed by atoms with Crippen LogP contribution in [0.15, 0.2) is 6.20 Å². The predicted octanol–water partition coefficient (Wildman–Crippen LogP) is 3.02. The van der Waals surface area contributed by atoms with Gasteiger partial charge >= 0.3 is 0 Å². The maximum Gasteiger partial charge on any atom is 0.171 e. The van der Waals surface area contributed by atoms with E-state index in [9.17, 15) is 0 Å². The van der Waals surface area contributed by atoms with Crippen molar-refractivity contribution in [1.29, 1.82) is 0 Å². The summed E-state index contributed by atoms with van der Waals surface area (Å²) < 4.78 is 1.76. The molecule has 0 aromatic carbocycles. The van der Waals surface area contributed by atoms with Crippen LogP contribution in [0.1, 0.15) is 47.0 Å². The Morgan fingerprint density at radius 2 is 1.83 bits per heavy atom. The van der Waals surface area contributed by atoms with Crippen molar-refractivity contribution in [3.05, 3.63) is 6.20 Å². The molecule has 1 saturated carbocycles. The van der Waals surface area contributed by atoms with E-state index in [1.165, 1.54) is 19.3 Å². The van der Waals surface area contributed by atoms with Crippen LogP contribution >= 0.6 is 0 Å². The molecular formula is C14H26N4. The largest absolute Gasteiger partial charge is 0.394 e. The van der Waals surface area contributed by atoms with E-state index >= 15 is 0 Å². The summed E-state index contributed by atoms with van der Waals surface area (Å²) in [5.41, 5.74) is 7.44. The molecule has 3 N–H and O–H groups in total. The van der Waals surface area contributed by atoms with Crippen molar-refractivity contribution >= 4 is 11.5 Å². The maximum atomic E-state index is 5.95. The Hall–Kier alpha value is -1.19. The number of rotatable bonds is 2. The summed E-state index contributed by atoms with van der Waals surface area (Å²) in [5, 5.41) is 7.90. The quantitative estimate of drug-likeness (QED) is 0.848. The topological polar surface area (TPSA) is 55.9 Å². The third kappa shape index (κ3) is 2.98. The Morgan fingerprint density at radius 3 is 2.28 bits per heavy atom. The van der Waals surface area contributed by atoms with Crippen molar-refractivity contribution in [2.75, 3.05) is 11.1 Å². The van der Waals surface area contributed by atoms with Gasteiger partial charge in [-0.05, 0) is 30.1 Å². The number of aryl methyl sites for hydroxylation is 1. The van der Waals surface area contributed by atoms with Gasteiger partial charge in [0, 0.05) is 19.3 Å². The molecular weight excluding hydrogens is 224 g/mol. The minimum atomic E-state index is 0.378. The van der Waals surface area contributed by atoms with E-state index in [2.05, 4.69) is 38.1 Å². The van der Waals surface area contributed by atoms with Crippen LogP contribution in [0.4, 0.5) is 11.5 Å². The van der Waals surface area contributed by atoms with Crippen LogP contribution in [0.25, 0.3) is 0 Å². The number of nitrogens with zero attached hydrogens (tertiary/aromatic N) is 2. The van der Waals surface area contributed by atoms with E-state index in [-0.39, 0.29) is 0 Å². The summed E-state index contributed by atoms with van der Waals surface area (Å²) in [7, 11) is 1.90. The number of hydrogen-bond donors (Lipinski definition) is 2. The Labute approximate surface area is 110 Å². The monoisotopic (exact) mass is 250 g/mol. The van der Waals surface area contributed by atoms with Crippen molar-refractivity contribution < 1.29 is 0 Å². The molecule has 1 aromatic rings. The van der Waals surface area contributed by atoms with E-state index < -0.39 is 0 Å². The second kappa shape index (κ2) is 4.18. The van der Waals surface area contributed by atoms with Crippen molar-refractivity contribution in [2.45, 2.75) is 53.0 Å². The van der Waals surface area contributed by atoms with Gasteiger partial charge in [0.15, 0.2) is 5.82 Å². The first-order chi connectivity index (χ1) is 8.17. The highest BCUT2D eigenvalue weighted by atomic mass is 15.3. The van der Waals surface area contributed by atoms with Crippen LogP contribution in [0.2, 0.25) is 0 Å². The second-order valence-corrected chi connectivity index (χ2v) is 7.36. The zero-order valence-corrected chi connectivity index (χ0v) is 12.2. The Balaban J connectivity index is 2.12. The highest BCUT2D eigenvalue weighted by Gasteiger charge is 2.38. The molecule has 102 valence electrons. The average molecular weight is 250 g/mol. The molecule has 2 rings (SSSR count). The van der Waals surface area contributed by atoms with Gasteiger partial charge in [-0.25, -0.2) is 0 Å². The van der Waals surface area contributed by atoms with Gasteiger partial charge in [-0.15, -0.1) is 0 Å². The Morgan fingerprint density at radius 1 is 1.28 bits per heavy atom. The van der Waals surface area contributed by atoms with Crippen molar-refractivity contribution in [3.8, 4) is 0 Å². The van der Waals surface area contributed by atoms with E-state index in [1.807, 2.05) is 13.2 Å². The molecule has 1 fully saturated rings. The molecule has 0 aliphatic heterocycles. The highest BCUT2D eigenvalue weighted by molar-refractivity contribution is 5.60. The van der Waals surface area contributed by atoms with Crippen LogP contribution in [0.3, 0.4) is 0 Å². The number of aromatic nitrogens is 2. The van der Waals surface area contributed by atoms with E-state index in [0.29, 0.717) is 16.9 Å². The summed E-state index contributed by atoms with van der Waals surface area (Å²) in [6.45, 7) is 9.41. The number of nitrogens with two attached hydrogens (primary N) is 1. The molecule has 0 radical (unpaired) electrons. The van der Waals surface area contributed by atoms with Crippen LogP contribution in [-0.2, 0) is 7.05 Å². The summed E-state index contributed by atoms with van der Waals surface area (Å²) in [6.07, 6.45) is 5.47. The molecule has 1 aliphatic carbocycles. The molecule has 0 unspecified atom stereocenters. The first-order valence-corrected chi connectivity index (χ1v) is 6.73.